The van der Waals surface area contributed by atoms with E-state index in [2.05, 4.69) is 44.2 Å². The van der Waals surface area contributed by atoms with Crippen molar-refractivity contribution < 1.29 is 24.4 Å². The average molecular weight is 403 g/mol. The summed E-state index contributed by atoms with van der Waals surface area (Å²) in [5.41, 5.74) is 1.10. The Labute approximate surface area is 174 Å². The lowest BCUT2D eigenvalue weighted by molar-refractivity contribution is -0.509. The van der Waals surface area contributed by atoms with E-state index in [9.17, 15) is 9.90 Å². The van der Waals surface area contributed by atoms with E-state index in [-0.39, 0.29) is 6.42 Å². The second kappa shape index (κ2) is 8.58. The first-order valence-corrected chi connectivity index (χ1v) is 10.6. The predicted octanol–water partition coefficient (Wildman–Crippen LogP) is 4.88. The van der Waals surface area contributed by atoms with E-state index < -0.39 is 23.0 Å². The second-order valence-electron chi connectivity index (χ2n) is 9.40. The van der Waals surface area contributed by atoms with Crippen molar-refractivity contribution >= 4 is 5.97 Å². The maximum absolute atomic E-state index is 11.7. The predicted molar refractivity (Wildman–Crippen MR) is 111 cm³/mol. The van der Waals surface area contributed by atoms with Crippen molar-refractivity contribution in [3.63, 3.8) is 0 Å². The van der Waals surface area contributed by atoms with Crippen LogP contribution in [0.2, 0.25) is 0 Å². The van der Waals surface area contributed by atoms with E-state index in [1.165, 1.54) is 11.1 Å². The van der Waals surface area contributed by atoms with Crippen LogP contribution < -0.4 is 0 Å². The fourth-order valence-corrected chi connectivity index (χ4v) is 4.64. The smallest absolute Gasteiger partial charge is 0.312 e. The summed E-state index contributed by atoms with van der Waals surface area (Å²) >= 11 is 0. The zero-order valence-electron chi connectivity index (χ0n) is 18.1. The van der Waals surface area contributed by atoms with Gasteiger partial charge in [-0.2, -0.15) is 4.89 Å². The molecular weight excluding hydrogens is 368 g/mol. The van der Waals surface area contributed by atoms with Crippen LogP contribution in [0.1, 0.15) is 71.8 Å². The fourth-order valence-electron chi connectivity index (χ4n) is 4.64. The maximum atomic E-state index is 11.7. The number of ether oxygens (including phenoxy) is 1. The van der Waals surface area contributed by atoms with E-state index in [4.69, 9.17) is 14.5 Å². The molecule has 5 nitrogen and oxygen atoms in total. The summed E-state index contributed by atoms with van der Waals surface area (Å²) in [5, 5.41) is 10.5. The molecule has 160 valence electrons. The molecule has 0 unspecified atom stereocenters. The van der Waals surface area contributed by atoms with Crippen molar-refractivity contribution in [2.24, 2.45) is 5.92 Å². The molecule has 2 aliphatic heterocycles. The summed E-state index contributed by atoms with van der Waals surface area (Å²) in [6, 6.07) is 10.5. The molecule has 0 radical (unpaired) electrons. The van der Waals surface area contributed by atoms with Gasteiger partial charge in [-0.05, 0) is 57.9 Å². The molecule has 0 spiro atoms. The Morgan fingerprint density at radius 2 is 1.97 bits per heavy atom. The van der Waals surface area contributed by atoms with Crippen molar-refractivity contribution in [1.82, 2.24) is 0 Å². The largest absolute Gasteiger partial charge is 0.453 e. The Bertz CT molecular complexity index is 745. The molecular formula is C24H34O5. The Morgan fingerprint density at radius 1 is 1.24 bits per heavy atom. The third kappa shape index (κ3) is 5.27. The highest BCUT2D eigenvalue weighted by atomic mass is 17.2. The molecule has 0 aliphatic carbocycles. The van der Waals surface area contributed by atoms with E-state index in [0.29, 0.717) is 12.3 Å². The number of carbonyl (C=O) groups is 1. The van der Waals surface area contributed by atoms with Crippen LogP contribution in [0.5, 0.6) is 0 Å². The molecule has 1 N–H and O–H groups in total. The van der Waals surface area contributed by atoms with Crippen LogP contribution in [0.25, 0.3) is 0 Å². The monoisotopic (exact) mass is 402 g/mol. The quantitative estimate of drug-likeness (QED) is 0.381. The van der Waals surface area contributed by atoms with Crippen molar-refractivity contribution in [2.45, 2.75) is 89.6 Å². The minimum atomic E-state index is -1.69. The Kier molecular flexibility index (Phi) is 6.51. The molecule has 3 rings (SSSR count). The molecule has 29 heavy (non-hydrogen) atoms. The Balaban J connectivity index is 1.44. The van der Waals surface area contributed by atoms with Gasteiger partial charge in [0.05, 0.1) is 0 Å². The van der Waals surface area contributed by atoms with E-state index >= 15 is 0 Å². The van der Waals surface area contributed by atoms with Crippen LogP contribution >= 0.6 is 0 Å². The highest BCUT2D eigenvalue weighted by Crippen LogP contribution is 2.49. The standard InChI is InChI=1S/C24H34O5/c1-18(13-14-20-11-6-5-7-12-20)9-8-10-19(2)15-22(3)17-23(4)24(26,29-28-22)16-21(25)27-23/h5-7,11-13,19,26H,8-10,14-17H2,1-4H3/b18-13+/t19-,22+,23+,24+/m0/s1. The number of hydrogen-bond acceptors (Lipinski definition) is 5. The third-order valence-corrected chi connectivity index (χ3v) is 6.22. The number of benzene rings is 1. The zero-order valence-corrected chi connectivity index (χ0v) is 18.1. The number of rotatable bonds is 8. The van der Waals surface area contributed by atoms with Crippen LogP contribution in [-0.4, -0.2) is 28.1 Å². The van der Waals surface area contributed by atoms with Gasteiger partial charge in [-0.25, -0.2) is 4.89 Å². The van der Waals surface area contributed by atoms with Gasteiger partial charge in [-0.3, -0.25) is 4.79 Å². The summed E-state index contributed by atoms with van der Waals surface area (Å²) in [4.78, 5) is 22.6. The first-order valence-electron chi connectivity index (χ1n) is 10.6. The van der Waals surface area contributed by atoms with Gasteiger partial charge in [-0.15, -0.1) is 0 Å². The van der Waals surface area contributed by atoms with E-state index in [1.54, 1.807) is 6.92 Å². The minimum absolute atomic E-state index is 0.191. The van der Waals surface area contributed by atoms with Crippen LogP contribution in [0.15, 0.2) is 42.0 Å². The number of allylic oxidation sites excluding steroid dienone is 2. The SMILES string of the molecule is C/C(=C\Cc1ccccc1)CCC[C@H](C)C[C@]1(C)C[C@@]2(C)OC(=O)C[C@@]2(O)OO1. The second-order valence-corrected chi connectivity index (χ2v) is 9.40. The van der Waals surface area contributed by atoms with Crippen molar-refractivity contribution in [2.75, 3.05) is 0 Å². The van der Waals surface area contributed by atoms with Gasteiger partial charge in [0, 0.05) is 6.42 Å². The van der Waals surface area contributed by atoms with E-state index in [0.717, 1.165) is 32.1 Å². The number of esters is 1. The lowest BCUT2D eigenvalue weighted by atomic mass is 9.78. The normalized spacial score (nSPS) is 33.3. The van der Waals surface area contributed by atoms with Gasteiger partial charge >= 0.3 is 5.97 Å². The summed E-state index contributed by atoms with van der Waals surface area (Å²) in [6.07, 6.45) is 7.58. The topological polar surface area (TPSA) is 65.0 Å². The van der Waals surface area contributed by atoms with Crippen LogP contribution in [-0.2, 0) is 25.7 Å². The molecule has 0 aromatic heterocycles. The third-order valence-electron chi connectivity index (χ3n) is 6.22. The highest BCUT2D eigenvalue weighted by Gasteiger charge is 2.65. The van der Waals surface area contributed by atoms with Gasteiger partial charge in [0.1, 0.15) is 12.0 Å². The van der Waals surface area contributed by atoms with Crippen molar-refractivity contribution in [3.05, 3.63) is 47.5 Å². The molecule has 1 aromatic carbocycles. The molecule has 2 fully saturated rings. The number of fused-ring (bicyclic) bond motifs is 1. The van der Waals surface area contributed by atoms with Gasteiger partial charge in [-0.1, -0.05) is 55.3 Å². The number of aliphatic hydroxyl groups is 1. The first kappa shape index (κ1) is 22.0. The summed E-state index contributed by atoms with van der Waals surface area (Å²) < 4.78 is 5.41. The first-order chi connectivity index (χ1) is 13.6. The zero-order chi connectivity index (χ0) is 21.1. The number of hydrogen-bond donors (Lipinski definition) is 1. The minimum Gasteiger partial charge on any atom is -0.453 e. The molecule has 5 heteroatoms. The van der Waals surface area contributed by atoms with Gasteiger partial charge in [0.25, 0.3) is 0 Å². The molecule has 0 saturated carbocycles. The maximum Gasteiger partial charge on any atom is 0.312 e. The molecule has 2 heterocycles. The Hall–Kier alpha value is -1.69. The average Bonchev–Trinajstić information content (AvgIpc) is 2.88. The molecule has 1 aromatic rings. The molecule has 0 bridgehead atoms. The fraction of sp³-hybridized carbons (Fsp3) is 0.625. The van der Waals surface area contributed by atoms with Crippen LogP contribution in [0.3, 0.4) is 0 Å². The van der Waals surface area contributed by atoms with Crippen molar-refractivity contribution in [3.8, 4) is 0 Å². The van der Waals surface area contributed by atoms with Crippen LogP contribution in [0.4, 0.5) is 0 Å². The Morgan fingerprint density at radius 3 is 2.69 bits per heavy atom. The van der Waals surface area contributed by atoms with Gasteiger partial charge in [0.15, 0.2) is 5.60 Å². The van der Waals surface area contributed by atoms with Crippen molar-refractivity contribution in [1.29, 1.82) is 0 Å². The molecule has 2 aliphatic rings. The molecule has 0 amide bonds. The molecule has 2 saturated heterocycles. The number of carbonyl (C=O) groups excluding carboxylic acids is 1. The van der Waals surface area contributed by atoms with Gasteiger partial charge < -0.3 is 9.84 Å². The highest BCUT2D eigenvalue weighted by molar-refractivity contribution is 5.74. The summed E-state index contributed by atoms with van der Waals surface area (Å²) in [5.74, 6) is -1.71. The van der Waals surface area contributed by atoms with Crippen LogP contribution in [0, 0.1) is 5.92 Å². The van der Waals surface area contributed by atoms with Gasteiger partial charge in [0.2, 0.25) is 5.79 Å². The summed E-state index contributed by atoms with van der Waals surface area (Å²) in [7, 11) is 0. The summed E-state index contributed by atoms with van der Waals surface area (Å²) in [6.45, 7) is 8.10. The lowest BCUT2D eigenvalue weighted by Gasteiger charge is -2.47. The lowest BCUT2D eigenvalue weighted by Crippen LogP contribution is -2.60. The van der Waals surface area contributed by atoms with E-state index in [1.807, 2.05) is 13.0 Å². The molecule has 4 atom stereocenters.